The van der Waals surface area contributed by atoms with Gasteiger partial charge < -0.3 is 16.0 Å². The zero-order valence-corrected chi connectivity index (χ0v) is 14.4. The number of anilines is 1. The van der Waals surface area contributed by atoms with E-state index in [2.05, 4.69) is 16.0 Å². The molecule has 1 aromatic carbocycles. The Morgan fingerprint density at radius 2 is 2.17 bits per heavy atom. The van der Waals surface area contributed by atoms with Crippen molar-refractivity contribution in [1.29, 1.82) is 0 Å². The molecule has 1 aliphatic heterocycles. The lowest BCUT2D eigenvalue weighted by Gasteiger charge is -2.10. The second-order valence-corrected chi connectivity index (χ2v) is 5.78. The van der Waals surface area contributed by atoms with Crippen LogP contribution in [0.15, 0.2) is 24.3 Å². The number of benzene rings is 1. The number of hydrogen-bond donors (Lipinski definition) is 3. The molecule has 0 aromatic heterocycles. The number of nitrogens with one attached hydrogen (secondary N) is 3. The van der Waals surface area contributed by atoms with Gasteiger partial charge in [0.2, 0.25) is 5.91 Å². The molecule has 2 amide bonds. The number of carbonyl (C=O) groups is 2. The number of carbonyl (C=O) groups excluding carboxylic acids is 2. The summed E-state index contributed by atoms with van der Waals surface area (Å²) < 4.78 is 0. The minimum absolute atomic E-state index is 0. The van der Waals surface area contributed by atoms with Crippen molar-refractivity contribution < 1.29 is 9.59 Å². The van der Waals surface area contributed by atoms with E-state index in [0.717, 1.165) is 32.4 Å². The summed E-state index contributed by atoms with van der Waals surface area (Å²) in [6.07, 6.45) is 3.49. The predicted octanol–water partition coefficient (Wildman–Crippen LogP) is 2.58. The third-order valence-corrected chi connectivity index (χ3v) is 3.89. The van der Waals surface area contributed by atoms with E-state index in [1.54, 1.807) is 18.2 Å². The van der Waals surface area contributed by atoms with Gasteiger partial charge in [0.15, 0.2) is 0 Å². The quantitative estimate of drug-likeness (QED) is 0.715. The molecule has 128 valence electrons. The molecule has 1 aliphatic rings. The minimum atomic E-state index is -0.102. The molecule has 2 rings (SSSR count). The van der Waals surface area contributed by atoms with Crippen LogP contribution in [0.25, 0.3) is 0 Å². The summed E-state index contributed by atoms with van der Waals surface area (Å²) in [5.41, 5.74) is 1.25. The topological polar surface area (TPSA) is 70.2 Å². The van der Waals surface area contributed by atoms with Gasteiger partial charge in [-0.15, -0.1) is 12.4 Å². The highest BCUT2D eigenvalue weighted by Crippen LogP contribution is 2.16. The van der Waals surface area contributed by atoms with Crippen LogP contribution < -0.4 is 16.0 Å². The number of rotatable bonds is 7. The van der Waals surface area contributed by atoms with E-state index < -0.39 is 0 Å². The first-order valence-corrected chi connectivity index (χ1v) is 8.08. The molecule has 6 heteroatoms. The number of halogens is 1. The van der Waals surface area contributed by atoms with E-state index in [1.165, 1.54) is 0 Å². The summed E-state index contributed by atoms with van der Waals surface area (Å²) in [6.45, 7) is 4.74. The molecule has 1 atom stereocenters. The Kier molecular flexibility index (Phi) is 8.66. The van der Waals surface area contributed by atoms with Gasteiger partial charge in [-0.25, -0.2) is 0 Å². The van der Waals surface area contributed by atoms with Crippen molar-refractivity contribution in [2.45, 2.75) is 32.6 Å². The average Bonchev–Trinajstić information content (AvgIpc) is 3.04. The van der Waals surface area contributed by atoms with Crippen molar-refractivity contribution in [3.8, 4) is 0 Å². The van der Waals surface area contributed by atoms with Crippen LogP contribution in [0.3, 0.4) is 0 Å². The lowest BCUT2D eigenvalue weighted by atomic mass is 10.0. The summed E-state index contributed by atoms with van der Waals surface area (Å²) in [4.78, 5) is 23.9. The zero-order chi connectivity index (χ0) is 15.8. The van der Waals surface area contributed by atoms with Crippen LogP contribution in [-0.2, 0) is 4.79 Å². The van der Waals surface area contributed by atoms with Crippen molar-refractivity contribution in [1.82, 2.24) is 10.6 Å². The Hall–Kier alpha value is -1.59. The summed E-state index contributed by atoms with van der Waals surface area (Å²) in [6, 6.07) is 7.08. The van der Waals surface area contributed by atoms with Crippen LogP contribution in [0, 0.1) is 5.92 Å². The second-order valence-electron chi connectivity index (χ2n) is 5.78. The molecule has 1 heterocycles. The maximum Gasteiger partial charge on any atom is 0.251 e. The maximum atomic E-state index is 12.0. The van der Waals surface area contributed by atoms with Crippen LogP contribution in [0.1, 0.15) is 43.0 Å². The van der Waals surface area contributed by atoms with Gasteiger partial charge in [-0.2, -0.15) is 0 Å². The fourth-order valence-corrected chi connectivity index (χ4v) is 2.60. The van der Waals surface area contributed by atoms with Crippen LogP contribution in [0.4, 0.5) is 5.69 Å². The van der Waals surface area contributed by atoms with Gasteiger partial charge in [0.05, 0.1) is 0 Å². The summed E-state index contributed by atoms with van der Waals surface area (Å²) in [5, 5.41) is 9.02. The Labute approximate surface area is 144 Å². The molecule has 1 fully saturated rings. The van der Waals surface area contributed by atoms with Crippen molar-refractivity contribution in [2.75, 3.05) is 25.0 Å². The summed E-state index contributed by atoms with van der Waals surface area (Å²) >= 11 is 0. The zero-order valence-electron chi connectivity index (χ0n) is 13.6. The van der Waals surface area contributed by atoms with Gasteiger partial charge in [0.1, 0.15) is 0 Å². The van der Waals surface area contributed by atoms with E-state index in [9.17, 15) is 9.59 Å². The van der Waals surface area contributed by atoms with Crippen LogP contribution in [-0.4, -0.2) is 31.4 Å². The van der Waals surface area contributed by atoms with Gasteiger partial charge in [-0.3, -0.25) is 9.59 Å². The highest BCUT2D eigenvalue weighted by atomic mass is 35.5. The Bertz CT molecular complexity index is 516. The largest absolute Gasteiger partial charge is 0.352 e. The molecular formula is C17H26ClN3O2. The van der Waals surface area contributed by atoms with Crippen molar-refractivity contribution in [3.05, 3.63) is 29.8 Å². The van der Waals surface area contributed by atoms with E-state index >= 15 is 0 Å². The van der Waals surface area contributed by atoms with Crippen molar-refractivity contribution >= 4 is 29.9 Å². The maximum absolute atomic E-state index is 12.0. The first-order chi connectivity index (χ1) is 10.7. The SMILES string of the molecule is CCCNC(=O)c1cccc(NC(=O)CCC2CCNC2)c1.Cl. The average molecular weight is 340 g/mol. The molecule has 1 unspecified atom stereocenters. The number of hydrogen-bond acceptors (Lipinski definition) is 3. The number of amides is 2. The smallest absolute Gasteiger partial charge is 0.251 e. The molecule has 0 radical (unpaired) electrons. The molecule has 23 heavy (non-hydrogen) atoms. The van der Waals surface area contributed by atoms with E-state index in [4.69, 9.17) is 0 Å². The fourth-order valence-electron chi connectivity index (χ4n) is 2.60. The second kappa shape index (κ2) is 10.2. The normalized spacial score (nSPS) is 16.5. The molecule has 0 spiro atoms. The highest BCUT2D eigenvalue weighted by Gasteiger charge is 2.15. The molecule has 0 saturated carbocycles. The summed E-state index contributed by atoms with van der Waals surface area (Å²) in [5.74, 6) is 0.518. The lowest BCUT2D eigenvalue weighted by Crippen LogP contribution is -2.24. The molecule has 1 aromatic rings. The van der Waals surface area contributed by atoms with Gasteiger partial charge in [0, 0.05) is 24.2 Å². The molecule has 1 saturated heterocycles. The Morgan fingerprint density at radius 1 is 1.35 bits per heavy atom. The highest BCUT2D eigenvalue weighted by molar-refractivity contribution is 5.97. The van der Waals surface area contributed by atoms with Crippen molar-refractivity contribution in [3.63, 3.8) is 0 Å². The molecule has 0 aliphatic carbocycles. The van der Waals surface area contributed by atoms with Crippen molar-refractivity contribution in [2.24, 2.45) is 5.92 Å². The van der Waals surface area contributed by atoms with Crippen LogP contribution in [0.5, 0.6) is 0 Å². The molecule has 0 bridgehead atoms. The molecular weight excluding hydrogens is 314 g/mol. The Balaban J connectivity index is 0.00000264. The first-order valence-electron chi connectivity index (χ1n) is 8.08. The third-order valence-electron chi connectivity index (χ3n) is 3.89. The minimum Gasteiger partial charge on any atom is -0.352 e. The van der Waals surface area contributed by atoms with Gasteiger partial charge in [-0.05, 0) is 56.5 Å². The van der Waals surface area contributed by atoms with E-state index in [0.29, 0.717) is 30.1 Å². The Morgan fingerprint density at radius 3 is 2.87 bits per heavy atom. The van der Waals surface area contributed by atoms with Gasteiger partial charge in [0.25, 0.3) is 5.91 Å². The molecule has 5 nitrogen and oxygen atoms in total. The molecule has 3 N–H and O–H groups in total. The standard InChI is InChI=1S/C17H25N3O2.ClH/c1-2-9-19-17(22)14-4-3-5-15(11-14)20-16(21)7-6-13-8-10-18-12-13;/h3-5,11,13,18H,2,6-10,12H2,1H3,(H,19,22)(H,20,21);1H. The van der Waals surface area contributed by atoms with Crippen LogP contribution >= 0.6 is 12.4 Å². The van der Waals surface area contributed by atoms with E-state index in [1.807, 2.05) is 13.0 Å². The fraction of sp³-hybridized carbons (Fsp3) is 0.529. The monoisotopic (exact) mass is 339 g/mol. The summed E-state index contributed by atoms with van der Waals surface area (Å²) in [7, 11) is 0. The predicted molar refractivity (Wildman–Crippen MR) is 95.2 cm³/mol. The van der Waals surface area contributed by atoms with Crippen LogP contribution in [0.2, 0.25) is 0 Å². The van der Waals surface area contributed by atoms with Gasteiger partial charge >= 0.3 is 0 Å². The lowest BCUT2D eigenvalue weighted by molar-refractivity contribution is -0.116. The van der Waals surface area contributed by atoms with Gasteiger partial charge in [-0.1, -0.05) is 13.0 Å². The van der Waals surface area contributed by atoms with E-state index in [-0.39, 0.29) is 24.2 Å². The third kappa shape index (κ3) is 6.59. The first kappa shape index (κ1) is 19.5.